The third kappa shape index (κ3) is 11.4. The van der Waals surface area contributed by atoms with Crippen molar-refractivity contribution in [3.63, 3.8) is 0 Å². The van der Waals surface area contributed by atoms with Gasteiger partial charge in [-0.15, -0.1) is 0 Å². The summed E-state index contributed by atoms with van der Waals surface area (Å²) in [4.78, 5) is 24.4. The molecule has 1 unspecified atom stereocenters. The number of methoxy groups -OCH3 is 1. The molecule has 36 heavy (non-hydrogen) atoms. The molecule has 0 radical (unpaired) electrons. The number of halogens is 2. The fourth-order valence-electron chi connectivity index (χ4n) is 3.32. The molecule has 2 amide bonds. The van der Waals surface area contributed by atoms with Crippen LogP contribution >= 0.6 is 23.2 Å². The first-order chi connectivity index (χ1) is 16.5. The fourth-order valence-corrected chi connectivity index (χ4v) is 3.69. The van der Waals surface area contributed by atoms with Gasteiger partial charge in [0.05, 0.1) is 40.4 Å². The average Bonchev–Trinajstić information content (AvgIpc) is 3.00. The Morgan fingerprint density at radius 2 is 1.64 bits per heavy atom. The molecule has 1 atom stereocenters. The van der Waals surface area contributed by atoms with Crippen molar-refractivity contribution in [1.29, 1.82) is 0 Å². The normalized spacial score (nSPS) is 18.6. The second-order valence-corrected chi connectivity index (χ2v) is 11.2. The van der Waals surface area contributed by atoms with Crippen molar-refractivity contribution in [2.24, 2.45) is 5.92 Å². The molecule has 1 aliphatic rings. The largest absolute Gasteiger partial charge is 0.478 e. The number of hydrogen-bond acceptors (Lipinski definition) is 5. The molecule has 1 saturated heterocycles. The van der Waals surface area contributed by atoms with Crippen molar-refractivity contribution in [1.82, 2.24) is 10.6 Å². The van der Waals surface area contributed by atoms with E-state index in [1.165, 1.54) is 12.1 Å². The van der Waals surface area contributed by atoms with Crippen LogP contribution in [0.5, 0.6) is 0 Å². The van der Waals surface area contributed by atoms with Crippen LogP contribution in [0.4, 0.5) is 0 Å². The minimum atomic E-state index is -0.611. The first kappa shape index (κ1) is 34.7. The van der Waals surface area contributed by atoms with Crippen LogP contribution in [0.25, 0.3) is 0 Å². The predicted octanol–water partition coefficient (Wildman–Crippen LogP) is 5.95. The third-order valence-corrected chi connectivity index (χ3v) is 6.02. The molecule has 10 heteroatoms. The third-order valence-electron chi connectivity index (χ3n) is 5.46. The van der Waals surface area contributed by atoms with Gasteiger partial charge in [0.25, 0.3) is 5.91 Å². The monoisotopic (exact) mass is 546 g/mol. The molecule has 0 saturated carbocycles. The summed E-state index contributed by atoms with van der Waals surface area (Å²) in [7, 11) is 1.05. The van der Waals surface area contributed by atoms with E-state index in [-0.39, 0.29) is 35.1 Å². The summed E-state index contributed by atoms with van der Waals surface area (Å²) >= 11 is 11.9. The predicted molar refractivity (Wildman–Crippen MR) is 150 cm³/mol. The highest BCUT2D eigenvalue weighted by Crippen LogP contribution is 2.42. The molecule has 1 aliphatic heterocycles. The molecular formula is C26H45BCl2N2O5. The van der Waals surface area contributed by atoms with Gasteiger partial charge < -0.3 is 24.7 Å². The van der Waals surface area contributed by atoms with E-state index in [1.807, 2.05) is 48.5 Å². The van der Waals surface area contributed by atoms with E-state index in [0.29, 0.717) is 11.4 Å². The molecule has 206 valence electrons. The van der Waals surface area contributed by atoms with E-state index in [0.717, 1.165) is 5.92 Å². The lowest BCUT2D eigenvalue weighted by molar-refractivity contribution is -0.119. The van der Waals surface area contributed by atoms with E-state index in [9.17, 15) is 9.59 Å². The Balaban J connectivity index is 0.00000185. The standard InChI is InChI=1S/C20H29BCl2N2O5.C4H10.C2H6/c1-18(2,28-6)11-20(5)19(3,4)29-21(30-20)12-25-16(26)10-24-17(27)14-9-13(22)7-8-15(14)23;1-4(2)3;1-2/h7-9H,10-12H2,1-6H3,(H,24,27)(H,25,26);4H,1-3H3;1-2H3. The lowest BCUT2D eigenvalue weighted by atomic mass is 9.79. The topological polar surface area (TPSA) is 85.9 Å². The van der Waals surface area contributed by atoms with E-state index < -0.39 is 24.2 Å². The van der Waals surface area contributed by atoms with Crippen LogP contribution in [0.1, 0.15) is 86.0 Å². The van der Waals surface area contributed by atoms with Gasteiger partial charge in [0.1, 0.15) is 0 Å². The smallest absolute Gasteiger partial charge is 0.402 e. The van der Waals surface area contributed by atoms with Crippen LogP contribution in [0.2, 0.25) is 10.0 Å². The number of nitrogens with one attached hydrogen (secondary N) is 2. The second-order valence-electron chi connectivity index (χ2n) is 10.4. The molecule has 1 heterocycles. The van der Waals surface area contributed by atoms with Gasteiger partial charge in [0.15, 0.2) is 0 Å². The SMILES string of the molecule is CC.CC(C)C.COC(C)(C)CC1(C)OB(CNC(=O)CNC(=O)c2cc(Cl)ccc2Cl)OC1(C)C. The van der Waals surface area contributed by atoms with Crippen LogP contribution in [0, 0.1) is 5.92 Å². The van der Waals surface area contributed by atoms with Gasteiger partial charge in [-0.3, -0.25) is 9.59 Å². The number of hydrogen-bond donors (Lipinski definition) is 2. The van der Waals surface area contributed by atoms with Crippen LogP contribution in [0.3, 0.4) is 0 Å². The van der Waals surface area contributed by atoms with E-state index in [4.69, 9.17) is 37.2 Å². The summed E-state index contributed by atoms with van der Waals surface area (Å²) < 4.78 is 17.7. The Hall–Kier alpha value is -1.32. The van der Waals surface area contributed by atoms with Gasteiger partial charge in [-0.1, -0.05) is 57.8 Å². The maximum Gasteiger partial charge on any atom is 0.478 e. The van der Waals surface area contributed by atoms with Gasteiger partial charge in [-0.2, -0.15) is 0 Å². The molecule has 1 aromatic carbocycles. The highest BCUT2D eigenvalue weighted by molar-refractivity contribution is 6.46. The van der Waals surface area contributed by atoms with Crippen LogP contribution in [-0.2, 0) is 18.8 Å². The van der Waals surface area contributed by atoms with Crippen molar-refractivity contribution in [2.75, 3.05) is 20.1 Å². The van der Waals surface area contributed by atoms with E-state index >= 15 is 0 Å². The van der Waals surface area contributed by atoms with Crippen LogP contribution in [0.15, 0.2) is 18.2 Å². The van der Waals surface area contributed by atoms with Crippen LogP contribution < -0.4 is 10.6 Å². The van der Waals surface area contributed by atoms with Gasteiger partial charge in [-0.25, -0.2) is 0 Å². The Labute approximate surface area is 228 Å². The average molecular weight is 547 g/mol. The Kier molecular flexibility index (Phi) is 14.6. The second kappa shape index (κ2) is 15.2. The highest BCUT2D eigenvalue weighted by atomic mass is 35.5. The zero-order valence-corrected chi connectivity index (χ0v) is 25.3. The number of carbonyl (C=O) groups excluding carboxylic acids is 2. The minimum absolute atomic E-state index is 0.152. The molecular weight excluding hydrogens is 502 g/mol. The summed E-state index contributed by atoms with van der Waals surface area (Å²) in [6, 6.07) is 4.55. The summed E-state index contributed by atoms with van der Waals surface area (Å²) in [5.74, 6) is -0.0288. The molecule has 1 aromatic rings. The lowest BCUT2D eigenvalue weighted by Gasteiger charge is -2.41. The number of carbonyl (C=O) groups is 2. The zero-order valence-electron chi connectivity index (χ0n) is 23.8. The maximum absolute atomic E-state index is 12.2. The number of rotatable bonds is 8. The summed E-state index contributed by atoms with van der Waals surface area (Å²) in [6.45, 7) is 20.1. The van der Waals surface area contributed by atoms with Gasteiger partial charge in [0, 0.05) is 18.6 Å². The Morgan fingerprint density at radius 3 is 2.17 bits per heavy atom. The molecule has 0 aromatic heterocycles. The number of ether oxygens (including phenoxy) is 1. The number of amides is 2. The number of benzene rings is 1. The molecule has 0 spiro atoms. The Bertz CT molecular complexity index is 849. The maximum atomic E-state index is 12.2. The van der Waals surface area contributed by atoms with Crippen molar-refractivity contribution in [3.8, 4) is 0 Å². The first-order valence-electron chi connectivity index (χ1n) is 12.4. The van der Waals surface area contributed by atoms with E-state index in [2.05, 4.69) is 31.4 Å². The van der Waals surface area contributed by atoms with Gasteiger partial charge in [0.2, 0.25) is 5.91 Å². The van der Waals surface area contributed by atoms with Crippen molar-refractivity contribution in [2.45, 2.75) is 92.5 Å². The lowest BCUT2D eigenvalue weighted by Crippen LogP contribution is -2.49. The Morgan fingerprint density at radius 1 is 1.08 bits per heavy atom. The van der Waals surface area contributed by atoms with Crippen LogP contribution in [-0.4, -0.2) is 55.8 Å². The van der Waals surface area contributed by atoms with Crippen molar-refractivity contribution >= 4 is 42.1 Å². The molecule has 7 nitrogen and oxygen atoms in total. The highest BCUT2D eigenvalue weighted by Gasteiger charge is 2.55. The summed E-state index contributed by atoms with van der Waals surface area (Å²) in [5, 5.41) is 5.87. The molecule has 1 fully saturated rings. The summed E-state index contributed by atoms with van der Waals surface area (Å²) in [5.41, 5.74) is -1.35. The molecule has 2 N–H and O–H groups in total. The summed E-state index contributed by atoms with van der Waals surface area (Å²) in [6.07, 6.45) is 0.767. The van der Waals surface area contributed by atoms with Gasteiger partial charge >= 0.3 is 7.12 Å². The molecule has 2 rings (SSSR count). The quantitative estimate of drug-likeness (QED) is 0.393. The first-order valence-corrected chi connectivity index (χ1v) is 13.2. The van der Waals surface area contributed by atoms with E-state index in [1.54, 1.807) is 13.2 Å². The fraction of sp³-hybridized carbons (Fsp3) is 0.692. The molecule has 0 aliphatic carbocycles. The minimum Gasteiger partial charge on any atom is -0.402 e. The van der Waals surface area contributed by atoms with Crippen molar-refractivity contribution < 1.29 is 23.6 Å². The zero-order chi connectivity index (χ0) is 28.3. The van der Waals surface area contributed by atoms with Gasteiger partial charge in [-0.05, 0) is 58.7 Å². The van der Waals surface area contributed by atoms with Crippen molar-refractivity contribution in [3.05, 3.63) is 33.8 Å². The molecule has 0 bridgehead atoms.